The molecule has 0 saturated carbocycles. The summed E-state index contributed by atoms with van der Waals surface area (Å²) in [6.07, 6.45) is 0. The minimum absolute atomic E-state index is 0.0277. The molecule has 0 atom stereocenters. The van der Waals surface area contributed by atoms with Gasteiger partial charge in [-0.15, -0.1) is 0 Å². The first-order chi connectivity index (χ1) is 9.99. The fraction of sp³-hybridized carbons (Fsp3) is 0.429. The predicted octanol–water partition coefficient (Wildman–Crippen LogP) is 0.320. The summed E-state index contributed by atoms with van der Waals surface area (Å²) in [5.74, 6) is 0.696. The van der Waals surface area contributed by atoms with Gasteiger partial charge in [-0.05, 0) is 7.05 Å². The summed E-state index contributed by atoms with van der Waals surface area (Å²) < 4.78 is 10.3. The molecule has 1 rings (SSSR count). The number of rotatable bonds is 7. The third-order valence-electron chi connectivity index (χ3n) is 2.77. The Balaban J connectivity index is 2.68. The summed E-state index contributed by atoms with van der Waals surface area (Å²) >= 11 is 0. The van der Waals surface area contributed by atoms with Crippen LogP contribution in [0.5, 0.6) is 11.5 Å². The van der Waals surface area contributed by atoms with E-state index in [1.807, 2.05) is 0 Å². The molecule has 0 aliphatic carbocycles. The number of benzene rings is 1. The van der Waals surface area contributed by atoms with Crippen molar-refractivity contribution in [3.05, 3.63) is 18.2 Å². The lowest BCUT2D eigenvalue weighted by atomic mass is 10.2. The van der Waals surface area contributed by atoms with Crippen LogP contribution in [0.15, 0.2) is 18.2 Å². The highest BCUT2D eigenvalue weighted by atomic mass is 16.5. The van der Waals surface area contributed by atoms with Crippen LogP contribution in [0.2, 0.25) is 0 Å². The van der Waals surface area contributed by atoms with Crippen LogP contribution in [-0.2, 0) is 9.59 Å². The van der Waals surface area contributed by atoms with Crippen molar-refractivity contribution in [3.63, 3.8) is 0 Å². The summed E-state index contributed by atoms with van der Waals surface area (Å²) in [6.45, 7) is 0.163. The normalized spacial score (nSPS) is 9.90. The molecule has 7 nitrogen and oxygen atoms in total. The summed E-state index contributed by atoms with van der Waals surface area (Å²) in [4.78, 5) is 24.8. The van der Waals surface area contributed by atoms with Gasteiger partial charge in [0.05, 0.1) is 27.3 Å². The van der Waals surface area contributed by atoms with Crippen molar-refractivity contribution < 1.29 is 19.1 Å². The van der Waals surface area contributed by atoms with E-state index >= 15 is 0 Å². The Morgan fingerprint density at radius 1 is 1.14 bits per heavy atom. The third kappa shape index (κ3) is 5.31. The van der Waals surface area contributed by atoms with Gasteiger partial charge in [0.15, 0.2) is 0 Å². The van der Waals surface area contributed by atoms with Gasteiger partial charge in [-0.2, -0.15) is 0 Å². The molecule has 21 heavy (non-hydrogen) atoms. The molecule has 0 spiro atoms. The number of hydrogen-bond acceptors (Lipinski definition) is 5. The van der Waals surface area contributed by atoms with Gasteiger partial charge in [-0.1, -0.05) is 0 Å². The second-order valence-electron chi connectivity index (χ2n) is 4.43. The molecule has 0 radical (unpaired) electrons. The van der Waals surface area contributed by atoms with Crippen LogP contribution in [-0.4, -0.2) is 58.1 Å². The molecular formula is C14H21N3O4. The molecular weight excluding hydrogens is 274 g/mol. The van der Waals surface area contributed by atoms with Crippen LogP contribution in [0.4, 0.5) is 5.69 Å². The Morgan fingerprint density at radius 2 is 1.71 bits per heavy atom. The summed E-state index contributed by atoms with van der Waals surface area (Å²) in [7, 11) is 6.31. The highest BCUT2D eigenvalue weighted by Crippen LogP contribution is 2.25. The Labute approximate surface area is 124 Å². The number of hydrogen-bond donors (Lipinski definition) is 2. The maximum absolute atomic E-state index is 11.9. The van der Waals surface area contributed by atoms with Gasteiger partial charge in [0.1, 0.15) is 11.5 Å². The van der Waals surface area contributed by atoms with E-state index in [1.165, 1.54) is 19.1 Å². The second-order valence-corrected chi connectivity index (χ2v) is 4.43. The van der Waals surface area contributed by atoms with Gasteiger partial charge in [0.2, 0.25) is 11.8 Å². The molecule has 0 aliphatic rings. The average Bonchev–Trinajstić information content (AvgIpc) is 2.46. The van der Waals surface area contributed by atoms with Gasteiger partial charge < -0.3 is 25.0 Å². The van der Waals surface area contributed by atoms with E-state index in [4.69, 9.17) is 9.47 Å². The SMILES string of the molecule is CNCC(=O)N(C)CC(=O)Nc1cc(OC)cc(OC)c1. The van der Waals surface area contributed by atoms with Crippen LogP contribution in [0, 0.1) is 0 Å². The Kier molecular flexibility index (Phi) is 6.48. The maximum Gasteiger partial charge on any atom is 0.243 e. The topological polar surface area (TPSA) is 79.9 Å². The van der Waals surface area contributed by atoms with Gasteiger partial charge in [0.25, 0.3) is 0 Å². The molecule has 7 heteroatoms. The lowest BCUT2D eigenvalue weighted by Gasteiger charge is -2.17. The molecule has 0 unspecified atom stereocenters. The van der Waals surface area contributed by atoms with Crippen molar-refractivity contribution in [2.75, 3.05) is 46.7 Å². The maximum atomic E-state index is 11.9. The predicted molar refractivity (Wildman–Crippen MR) is 79.7 cm³/mol. The lowest BCUT2D eigenvalue weighted by Crippen LogP contribution is -2.39. The second kappa shape index (κ2) is 8.11. The molecule has 0 bridgehead atoms. The summed E-state index contributed by atoms with van der Waals surface area (Å²) in [5.41, 5.74) is 0.547. The Hall–Kier alpha value is -2.28. The fourth-order valence-corrected chi connectivity index (χ4v) is 1.67. The molecule has 1 aromatic rings. The average molecular weight is 295 g/mol. The number of nitrogens with one attached hydrogen (secondary N) is 2. The summed E-state index contributed by atoms with van der Waals surface area (Å²) in [5, 5.41) is 5.45. The van der Waals surface area contributed by atoms with Gasteiger partial charge in [-0.3, -0.25) is 9.59 Å². The highest BCUT2D eigenvalue weighted by Gasteiger charge is 2.13. The van der Waals surface area contributed by atoms with Crippen LogP contribution in [0.3, 0.4) is 0 Å². The van der Waals surface area contributed by atoms with Gasteiger partial charge in [-0.25, -0.2) is 0 Å². The zero-order chi connectivity index (χ0) is 15.8. The van der Waals surface area contributed by atoms with Crippen LogP contribution in [0.25, 0.3) is 0 Å². The molecule has 2 amide bonds. The first-order valence-corrected chi connectivity index (χ1v) is 6.41. The number of ether oxygens (including phenoxy) is 2. The number of carbonyl (C=O) groups is 2. The monoisotopic (exact) mass is 295 g/mol. The number of amides is 2. The van der Waals surface area contributed by atoms with E-state index < -0.39 is 0 Å². The first-order valence-electron chi connectivity index (χ1n) is 6.41. The van der Waals surface area contributed by atoms with E-state index in [-0.39, 0.29) is 24.9 Å². The van der Waals surface area contributed by atoms with Crippen molar-refractivity contribution in [3.8, 4) is 11.5 Å². The lowest BCUT2D eigenvalue weighted by molar-refractivity contribution is -0.132. The van der Waals surface area contributed by atoms with Gasteiger partial charge in [0, 0.05) is 30.9 Å². The van der Waals surface area contributed by atoms with E-state index in [0.717, 1.165) is 0 Å². The largest absolute Gasteiger partial charge is 0.497 e. The Morgan fingerprint density at radius 3 is 2.19 bits per heavy atom. The van der Waals surface area contributed by atoms with Crippen molar-refractivity contribution in [2.45, 2.75) is 0 Å². The molecule has 0 aromatic heterocycles. The molecule has 1 aromatic carbocycles. The van der Waals surface area contributed by atoms with Crippen molar-refractivity contribution >= 4 is 17.5 Å². The molecule has 0 aliphatic heterocycles. The van der Waals surface area contributed by atoms with E-state index in [0.29, 0.717) is 17.2 Å². The summed E-state index contributed by atoms with van der Waals surface area (Å²) in [6, 6.07) is 5.06. The van der Waals surface area contributed by atoms with E-state index in [2.05, 4.69) is 10.6 Å². The zero-order valence-corrected chi connectivity index (χ0v) is 12.7. The Bertz CT molecular complexity index is 483. The first kappa shape index (κ1) is 16.8. The van der Waals surface area contributed by atoms with Crippen molar-refractivity contribution in [1.82, 2.24) is 10.2 Å². The smallest absolute Gasteiger partial charge is 0.243 e. The third-order valence-corrected chi connectivity index (χ3v) is 2.77. The zero-order valence-electron chi connectivity index (χ0n) is 12.7. The van der Waals surface area contributed by atoms with Crippen LogP contribution < -0.4 is 20.1 Å². The minimum atomic E-state index is -0.294. The van der Waals surface area contributed by atoms with Crippen molar-refractivity contribution in [1.29, 1.82) is 0 Å². The standard InChI is InChI=1S/C14H21N3O4/c1-15-8-14(19)17(2)9-13(18)16-10-5-11(20-3)7-12(6-10)21-4/h5-7,15H,8-9H2,1-4H3,(H,16,18). The van der Waals surface area contributed by atoms with Crippen molar-refractivity contribution in [2.24, 2.45) is 0 Å². The minimum Gasteiger partial charge on any atom is -0.497 e. The molecule has 0 saturated heterocycles. The number of likely N-dealkylation sites (N-methyl/N-ethyl adjacent to an activating group) is 2. The fourth-order valence-electron chi connectivity index (χ4n) is 1.67. The van der Waals surface area contributed by atoms with E-state index in [9.17, 15) is 9.59 Å². The molecule has 116 valence electrons. The molecule has 0 fully saturated rings. The molecule has 2 N–H and O–H groups in total. The highest BCUT2D eigenvalue weighted by molar-refractivity contribution is 5.95. The van der Waals surface area contributed by atoms with Crippen LogP contribution >= 0.6 is 0 Å². The number of anilines is 1. The van der Waals surface area contributed by atoms with Crippen LogP contribution in [0.1, 0.15) is 0 Å². The molecule has 0 heterocycles. The van der Waals surface area contributed by atoms with E-state index in [1.54, 1.807) is 32.3 Å². The van der Waals surface area contributed by atoms with Gasteiger partial charge >= 0.3 is 0 Å². The number of carbonyl (C=O) groups excluding carboxylic acids is 2. The number of nitrogens with zero attached hydrogens (tertiary/aromatic N) is 1. The quantitative estimate of drug-likeness (QED) is 0.757. The number of methoxy groups -OCH3 is 2.